The number of nitrogens with one attached hydrogen (secondary N) is 4. The van der Waals surface area contributed by atoms with Crippen LogP contribution >= 0.6 is 11.3 Å². The Kier molecular flexibility index (Phi) is 6.27. The van der Waals surface area contributed by atoms with E-state index in [1.165, 1.54) is 11.3 Å². The number of ether oxygens (including phenoxy) is 2. The molecule has 0 radical (unpaired) electrons. The van der Waals surface area contributed by atoms with Gasteiger partial charge in [0.2, 0.25) is 5.82 Å². The number of rotatable bonds is 7. The fraction of sp³-hybridized carbons (Fsp3) is 0.269. The molecule has 4 heterocycles. The van der Waals surface area contributed by atoms with Crippen LogP contribution < -0.4 is 35.3 Å². The van der Waals surface area contributed by atoms with E-state index < -0.39 is 0 Å². The summed E-state index contributed by atoms with van der Waals surface area (Å²) in [5.74, 6) is 2.47. The van der Waals surface area contributed by atoms with Crippen LogP contribution in [0.25, 0.3) is 21.4 Å². The Labute approximate surface area is 226 Å². The lowest BCUT2D eigenvalue weighted by Crippen LogP contribution is -2.42. The molecule has 4 N–H and O–H groups in total. The summed E-state index contributed by atoms with van der Waals surface area (Å²) in [6.45, 7) is 1.34. The smallest absolute Gasteiger partial charge is 0.397 e. The van der Waals surface area contributed by atoms with E-state index in [1.807, 2.05) is 29.8 Å². The number of benzene rings is 2. The molecule has 1 fully saturated rings. The summed E-state index contributed by atoms with van der Waals surface area (Å²) >= 11 is 1.54. The molecule has 39 heavy (non-hydrogen) atoms. The average Bonchev–Trinajstić information content (AvgIpc) is 3.69. The molecule has 13 heteroatoms. The van der Waals surface area contributed by atoms with E-state index in [1.54, 1.807) is 37.9 Å². The molecule has 1 saturated heterocycles. The van der Waals surface area contributed by atoms with Crippen molar-refractivity contribution in [3.8, 4) is 11.5 Å². The van der Waals surface area contributed by atoms with Gasteiger partial charge in [-0.25, -0.2) is 14.3 Å². The van der Waals surface area contributed by atoms with Gasteiger partial charge in [0.05, 0.1) is 56.9 Å². The zero-order valence-corrected chi connectivity index (χ0v) is 22.4. The van der Waals surface area contributed by atoms with Gasteiger partial charge in [0.15, 0.2) is 21.8 Å². The van der Waals surface area contributed by atoms with Gasteiger partial charge in [-0.3, -0.25) is 9.69 Å². The highest BCUT2D eigenvalue weighted by molar-refractivity contribution is 7.15. The summed E-state index contributed by atoms with van der Waals surface area (Å²) < 4.78 is 12.8. The van der Waals surface area contributed by atoms with Crippen molar-refractivity contribution in [1.82, 2.24) is 25.3 Å². The Morgan fingerprint density at radius 3 is 2.77 bits per heavy atom. The number of hydrogen-bond acceptors (Lipinski definition) is 9. The molecule has 1 aliphatic rings. The van der Waals surface area contributed by atoms with Gasteiger partial charge in [-0.2, -0.15) is 0 Å². The van der Waals surface area contributed by atoms with Gasteiger partial charge in [-0.05, 0) is 30.3 Å². The van der Waals surface area contributed by atoms with Crippen LogP contribution in [0.3, 0.4) is 0 Å². The van der Waals surface area contributed by atoms with Crippen molar-refractivity contribution in [2.45, 2.75) is 12.5 Å². The predicted molar refractivity (Wildman–Crippen MR) is 148 cm³/mol. The summed E-state index contributed by atoms with van der Waals surface area (Å²) in [5.41, 5.74) is 4.82. The standard InChI is InChI=1S/C26H26N8O4S/c1-33-24-21(27-13-39-24)22(28-15-5-7-19(37-2)20(11-15)38-3)32-26(33)34-9-8-16(12-34)29-23(35)14-4-6-17-18(10-14)31-25(36)30-17/h4-7,10-11,13,16H,8-9,12H2,1-3H3,(H3,29,30,31,35,36)/p+1. The van der Waals surface area contributed by atoms with Crippen molar-refractivity contribution in [2.75, 3.05) is 37.5 Å². The minimum Gasteiger partial charge on any atom is -0.493 e. The number of hydrogen-bond donors (Lipinski definition) is 4. The molecule has 0 bridgehead atoms. The normalized spacial score (nSPS) is 15.2. The van der Waals surface area contributed by atoms with E-state index in [0.29, 0.717) is 40.5 Å². The highest BCUT2D eigenvalue weighted by atomic mass is 32.1. The van der Waals surface area contributed by atoms with Crippen molar-refractivity contribution >= 4 is 56.1 Å². The lowest BCUT2D eigenvalue weighted by Gasteiger charge is -2.15. The molecule has 1 amide bonds. The van der Waals surface area contributed by atoms with Crippen LogP contribution in [0.1, 0.15) is 16.8 Å². The number of amides is 1. The van der Waals surface area contributed by atoms with Crippen molar-refractivity contribution < 1.29 is 18.8 Å². The summed E-state index contributed by atoms with van der Waals surface area (Å²) in [6, 6.07) is 10.6. The van der Waals surface area contributed by atoms with Crippen LogP contribution in [0, 0.1) is 0 Å². The maximum atomic E-state index is 13.0. The second kappa shape index (κ2) is 9.91. The molecule has 5 aromatic rings. The summed E-state index contributed by atoms with van der Waals surface area (Å²) in [5, 5.41) is 6.52. The Morgan fingerprint density at radius 2 is 1.95 bits per heavy atom. The van der Waals surface area contributed by atoms with Gasteiger partial charge < -0.3 is 30.1 Å². The lowest BCUT2D eigenvalue weighted by atomic mass is 10.1. The van der Waals surface area contributed by atoms with Crippen LogP contribution in [0.15, 0.2) is 46.7 Å². The molecule has 0 aliphatic carbocycles. The number of aryl methyl sites for hydroxylation is 1. The molecular formula is C26H27N8O4S+. The van der Waals surface area contributed by atoms with Gasteiger partial charge in [-0.1, -0.05) is 16.3 Å². The van der Waals surface area contributed by atoms with Gasteiger partial charge in [-0.15, -0.1) is 0 Å². The summed E-state index contributed by atoms with van der Waals surface area (Å²) in [4.78, 5) is 42.5. The highest BCUT2D eigenvalue weighted by Gasteiger charge is 2.34. The monoisotopic (exact) mass is 547 g/mol. The average molecular weight is 548 g/mol. The van der Waals surface area contributed by atoms with Crippen LogP contribution in [-0.4, -0.2) is 59.2 Å². The highest BCUT2D eigenvalue weighted by Crippen LogP contribution is 2.33. The number of anilines is 3. The molecule has 2 aromatic carbocycles. The number of carbonyl (C=O) groups is 1. The minimum atomic E-state index is -0.299. The predicted octanol–water partition coefficient (Wildman–Crippen LogP) is 2.45. The van der Waals surface area contributed by atoms with Crippen LogP contribution in [-0.2, 0) is 7.05 Å². The number of thiazole rings is 1. The first-order valence-corrected chi connectivity index (χ1v) is 13.2. The van der Waals surface area contributed by atoms with E-state index in [9.17, 15) is 9.59 Å². The molecule has 200 valence electrons. The second-order valence-corrected chi connectivity index (χ2v) is 10.1. The van der Waals surface area contributed by atoms with Crippen molar-refractivity contribution in [1.29, 1.82) is 0 Å². The summed E-state index contributed by atoms with van der Waals surface area (Å²) in [6.07, 6.45) is 0.774. The fourth-order valence-corrected chi connectivity index (χ4v) is 5.64. The maximum Gasteiger partial charge on any atom is 0.397 e. The van der Waals surface area contributed by atoms with Gasteiger partial charge in [0.25, 0.3) is 5.91 Å². The Balaban J connectivity index is 1.23. The molecule has 1 unspecified atom stereocenters. The Bertz CT molecular complexity index is 1760. The third-order valence-electron chi connectivity index (χ3n) is 6.82. The fourth-order valence-electron chi connectivity index (χ4n) is 4.88. The number of imidazole rings is 1. The first kappa shape index (κ1) is 24.7. The van der Waals surface area contributed by atoms with Crippen LogP contribution in [0.2, 0.25) is 0 Å². The van der Waals surface area contributed by atoms with E-state index >= 15 is 0 Å². The Hall–Kier alpha value is -4.65. The van der Waals surface area contributed by atoms with E-state index in [4.69, 9.17) is 14.5 Å². The van der Waals surface area contributed by atoms with Crippen LogP contribution in [0.4, 0.5) is 17.5 Å². The van der Waals surface area contributed by atoms with Crippen molar-refractivity contribution in [3.05, 3.63) is 58.0 Å². The van der Waals surface area contributed by atoms with Crippen molar-refractivity contribution in [2.24, 2.45) is 7.05 Å². The molecular weight excluding hydrogens is 520 g/mol. The number of carbonyl (C=O) groups excluding carboxylic acids is 1. The lowest BCUT2D eigenvalue weighted by molar-refractivity contribution is -0.632. The molecule has 12 nitrogen and oxygen atoms in total. The van der Waals surface area contributed by atoms with E-state index in [-0.39, 0.29) is 17.6 Å². The zero-order chi connectivity index (χ0) is 27.1. The molecule has 1 atom stereocenters. The van der Waals surface area contributed by atoms with Crippen LogP contribution in [0.5, 0.6) is 11.5 Å². The second-order valence-electron chi connectivity index (χ2n) is 9.26. The number of aromatic amines is 2. The maximum absolute atomic E-state index is 13.0. The van der Waals surface area contributed by atoms with Gasteiger partial charge >= 0.3 is 11.6 Å². The van der Waals surface area contributed by atoms with Crippen molar-refractivity contribution in [3.63, 3.8) is 0 Å². The largest absolute Gasteiger partial charge is 0.493 e. The van der Waals surface area contributed by atoms with E-state index in [0.717, 1.165) is 34.9 Å². The topological polar surface area (TPSA) is 141 Å². The number of H-pyrrole nitrogens is 2. The number of fused-ring (bicyclic) bond motifs is 2. The number of aromatic nitrogens is 5. The molecule has 1 aliphatic heterocycles. The summed E-state index contributed by atoms with van der Waals surface area (Å²) in [7, 11) is 5.17. The van der Waals surface area contributed by atoms with Gasteiger partial charge in [0, 0.05) is 23.7 Å². The first-order valence-electron chi connectivity index (χ1n) is 12.3. The Morgan fingerprint density at radius 1 is 1.13 bits per heavy atom. The zero-order valence-electron chi connectivity index (χ0n) is 21.6. The third kappa shape index (κ3) is 4.61. The SMILES string of the molecule is COc1ccc(Nc2nc(N3CCC(NC(=O)c4ccc5[nH]c(=O)[nH]c5c4)C3)[n+](C)c3scnc23)cc1OC. The molecule has 3 aromatic heterocycles. The first-order chi connectivity index (χ1) is 18.9. The molecule has 0 saturated carbocycles. The third-order valence-corrected chi connectivity index (χ3v) is 7.72. The molecule has 6 rings (SSSR count). The number of methoxy groups -OCH3 is 2. The molecule has 0 spiro atoms. The van der Waals surface area contributed by atoms with E-state index in [2.05, 4.69) is 30.5 Å². The minimum absolute atomic E-state index is 0.0558. The number of nitrogens with zero attached hydrogens (tertiary/aromatic N) is 4. The quantitative estimate of drug-likeness (QED) is 0.228. The van der Waals surface area contributed by atoms with Gasteiger partial charge in [0.1, 0.15) is 0 Å².